The van der Waals surface area contributed by atoms with E-state index in [9.17, 15) is 4.79 Å². The molecular formula is C23H24N2O. The number of para-hydroxylation sites is 1. The van der Waals surface area contributed by atoms with Crippen LogP contribution in [0.25, 0.3) is 10.9 Å². The van der Waals surface area contributed by atoms with Gasteiger partial charge in [-0.15, -0.1) is 0 Å². The highest BCUT2D eigenvalue weighted by molar-refractivity contribution is 5.87. The van der Waals surface area contributed by atoms with Crippen LogP contribution >= 0.6 is 0 Å². The molecule has 1 amide bonds. The fraction of sp³-hybridized carbons (Fsp3) is 0.348. The molecule has 1 aromatic heterocycles. The van der Waals surface area contributed by atoms with Gasteiger partial charge in [0, 0.05) is 36.1 Å². The Labute approximate surface area is 154 Å². The number of aryl methyl sites for hydroxylation is 1. The normalized spacial score (nSPS) is 19.5. The molecule has 3 nitrogen and oxygen atoms in total. The van der Waals surface area contributed by atoms with Crippen molar-refractivity contribution in [1.82, 2.24) is 9.47 Å². The van der Waals surface area contributed by atoms with Crippen LogP contribution in [0.5, 0.6) is 0 Å². The molecule has 1 fully saturated rings. The number of rotatable bonds is 2. The lowest BCUT2D eigenvalue weighted by Gasteiger charge is -2.40. The van der Waals surface area contributed by atoms with Crippen LogP contribution in [-0.4, -0.2) is 21.9 Å². The Hall–Kier alpha value is -2.55. The van der Waals surface area contributed by atoms with Gasteiger partial charge in [0.1, 0.15) is 0 Å². The molecular weight excluding hydrogens is 320 g/mol. The van der Waals surface area contributed by atoms with Gasteiger partial charge >= 0.3 is 0 Å². The number of carbonyl (C=O) groups excluding carboxylic acids is 1. The molecule has 0 N–H and O–H groups in total. The first-order valence-electron chi connectivity index (χ1n) is 9.67. The summed E-state index contributed by atoms with van der Waals surface area (Å²) in [5.74, 6) is 0.332. The van der Waals surface area contributed by atoms with Gasteiger partial charge in [-0.3, -0.25) is 4.79 Å². The Bertz CT molecular complexity index is 983. The number of aromatic nitrogens is 1. The van der Waals surface area contributed by atoms with Crippen molar-refractivity contribution in [3.05, 3.63) is 70.9 Å². The summed E-state index contributed by atoms with van der Waals surface area (Å²) in [6.45, 7) is 3.87. The van der Waals surface area contributed by atoms with E-state index in [1.165, 1.54) is 33.3 Å². The first-order chi connectivity index (χ1) is 12.7. The third-order valence-electron chi connectivity index (χ3n) is 6.06. The van der Waals surface area contributed by atoms with Crippen LogP contribution in [0.3, 0.4) is 0 Å². The molecule has 0 radical (unpaired) electrons. The lowest BCUT2D eigenvalue weighted by atomic mass is 9.90. The second-order valence-corrected chi connectivity index (χ2v) is 7.70. The molecule has 1 unspecified atom stereocenters. The molecule has 3 heteroatoms. The molecule has 2 aromatic carbocycles. The first-order valence-corrected chi connectivity index (χ1v) is 9.67. The maximum absolute atomic E-state index is 12.5. The van der Waals surface area contributed by atoms with Gasteiger partial charge in [0.15, 0.2) is 0 Å². The minimum Gasteiger partial charge on any atom is -0.338 e. The summed E-state index contributed by atoms with van der Waals surface area (Å²) in [6.07, 6.45) is 3.78. The van der Waals surface area contributed by atoms with Gasteiger partial charge < -0.3 is 9.47 Å². The Kier molecular flexibility index (Phi) is 3.63. The summed E-state index contributed by atoms with van der Waals surface area (Å²) < 4.78 is 2.48. The molecule has 0 aliphatic carbocycles. The van der Waals surface area contributed by atoms with Gasteiger partial charge in [0.2, 0.25) is 5.91 Å². The van der Waals surface area contributed by atoms with Gasteiger partial charge in [-0.2, -0.15) is 0 Å². The van der Waals surface area contributed by atoms with Crippen molar-refractivity contribution in [2.75, 3.05) is 6.54 Å². The van der Waals surface area contributed by atoms with Crippen molar-refractivity contribution < 1.29 is 4.79 Å². The standard InChI is InChI=1S/C23H24N2O/c1-16-9-11-17(12-10-16)15-25-20-6-3-2-5-18(20)19-13-14-24-21(23(19)25)7-4-8-22(24)26/h2-3,5-6,9-12,21H,4,7-8,13-15H2,1H3. The Morgan fingerprint density at radius 2 is 1.85 bits per heavy atom. The second kappa shape index (κ2) is 6.01. The van der Waals surface area contributed by atoms with Crippen LogP contribution in [0.15, 0.2) is 48.5 Å². The number of benzene rings is 2. The number of nitrogens with zero attached hydrogens (tertiary/aromatic N) is 2. The predicted molar refractivity (Wildman–Crippen MR) is 104 cm³/mol. The zero-order valence-corrected chi connectivity index (χ0v) is 15.2. The van der Waals surface area contributed by atoms with E-state index in [-0.39, 0.29) is 6.04 Å². The van der Waals surface area contributed by atoms with Crippen LogP contribution < -0.4 is 0 Å². The molecule has 2 aliphatic heterocycles. The van der Waals surface area contributed by atoms with E-state index in [4.69, 9.17) is 0 Å². The third-order valence-corrected chi connectivity index (χ3v) is 6.06. The number of piperidine rings is 1. The molecule has 132 valence electrons. The number of fused-ring (bicyclic) bond motifs is 5. The summed E-state index contributed by atoms with van der Waals surface area (Å²) in [6, 6.07) is 17.8. The van der Waals surface area contributed by atoms with E-state index in [1.54, 1.807) is 0 Å². The van der Waals surface area contributed by atoms with Crippen molar-refractivity contribution >= 4 is 16.8 Å². The van der Waals surface area contributed by atoms with Gasteiger partial charge in [0.25, 0.3) is 0 Å². The van der Waals surface area contributed by atoms with Crippen molar-refractivity contribution in [2.24, 2.45) is 0 Å². The molecule has 2 aliphatic rings. The SMILES string of the molecule is Cc1ccc(Cn2c3c(c4ccccc42)CCN2C(=O)CCCC32)cc1. The van der Waals surface area contributed by atoms with Crippen LogP contribution in [0.4, 0.5) is 0 Å². The summed E-state index contributed by atoms with van der Waals surface area (Å²) >= 11 is 0. The largest absolute Gasteiger partial charge is 0.338 e. The summed E-state index contributed by atoms with van der Waals surface area (Å²) in [5, 5.41) is 1.37. The van der Waals surface area contributed by atoms with Crippen molar-refractivity contribution in [1.29, 1.82) is 0 Å². The van der Waals surface area contributed by atoms with E-state index in [2.05, 4.69) is 64.9 Å². The highest BCUT2D eigenvalue weighted by atomic mass is 16.2. The molecule has 0 saturated carbocycles. The van der Waals surface area contributed by atoms with Crippen LogP contribution in [0.1, 0.15) is 47.7 Å². The average Bonchev–Trinajstić information content (AvgIpc) is 2.98. The molecule has 1 atom stereocenters. The van der Waals surface area contributed by atoms with Crippen molar-refractivity contribution in [2.45, 2.75) is 45.2 Å². The van der Waals surface area contributed by atoms with Gasteiger partial charge in [0.05, 0.1) is 6.04 Å². The van der Waals surface area contributed by atoms with Crippen LogP contribution in [0.2, 0.25) is 0 Å². The molecule has 3 heterocycles. The smallest absolute Gasteiger partial charge is 0.223 e. The fourth-order valence-corrected chi connectivity index (χ4v) is 4.80. The monoisotopic (exact) mass is 344 g/mol. The van der Waals surface area contributed by atoms with Crippen LogP contribution in [0, 0.1) is 6.92 Å². The minimum atomic E-state index is 0.248. The highest BCUT2D eigenvalue weighted by Crippen LogP contribution is 2.42. The first kappa shape index (κ1) is 15.7. The maximum Gasteiger partial charge on any atom is 0.223 e. The number of hydrogen-bond donors (Lipinski definition) is 0. The zero-order valence-electron chi connectivity index (χ0n) is 15.2. The van der Waals surface area contributed by atoms with Gasteiger partial charge in [-0.25, -0.2) is 0 Å². The van der Waals surface area contributed by atoms with E-state index in [0.717, 1.165) is 32.4 Å². The second-order valence-electron chi connectivity index (χ2n) is 7.70. The molecule has 1 saturated heterocycles. The molecule has 0 spiro atoms. The fourth-order valence-electron chi connectivity index (χ4n) is 4.80. The molecule has 5 rings (SSSR count). The number of hydrogen-bond acceptors (Lipinski definition) is 1. The Balaban J connectivity index is 1.68. The lowest BCUT2D eigenvalue weighted by Crippen LogP contribution is -2.43. The van der Waals surface area contributed by atoms with Crippen LogP contribution in [-0.2, 0) is 17.8 Å². The van der Waals surface area contributed by atoms with Crippen molar-refractivity contribution in [3.63, 3.8) is 0 Å². The van der Waals surface area contributed by atoms with E-state index < -0.39 is 0 Å². The molecule has 26 heavy (non-hydrogen) atoms. The Morgan fingerprint density at radius 3 is 2.69 bits per heavy atom. The summed E-state index contributed by atoms with van der Waals surface area (Å²) in [7, 11) is 0. The third kappa shape index (κ3) is 2.38. The summed E-state index contributed by atoms with van der Waals surface area (Å²) in [5.41, 5.74) is 6.75. The maximum atomic E-state index is 12.5. The zero-order chi connectivity index (χ0) is 17.7. The lowest BCUT2D eigenvalue weighted by molar-refractivity contribution is -0.137. The van der Waals surface area contributed by atoms with Gasteiger partial charge in [-0.1, -0.05) is 48.0 Å². The van der Waals surface area contributed by atoms with E-state index in [1.807, 2.05) is 0 Å². The quantitative estimate of drug-likeness (QED) is 0.666. The van der Waals surface area contributed by atoms with E-state index >= 15 is 0 Å². The molecule has 3 aromatic rings. The Morgan fingerprint density at radius 1 is 1.04 bits per heavy atom. The van der Waals surface area contributed by atoms with Crippen molar-refractivity contribution in [3.8, 4) is 0 Å². The van der Waals surface area contributed by atoms with Gasteiger partial charge in [-0.05, 0) is 43.4 Å². The van der Waals surface area contributed by atoms with E-state index in [0.29, 0.717) is 12.3 Å². The molecule has 0 bridgehead atoms. The highest BCUT2D eigenvalue weighted by Gasteiger charge is 2.37. The summed E-state index contributed by atoms with van der Waals surface area (Å²) in [4.78, 5) is 14.6. The number of carbonyl (C=O) groups is 1. The topological polar surface area (TPSA) is 25.2 Å². The minimum absolute atomic E-state index is 0.248. The predicted octanol–water partition coefficient (Wildman–Crippen LogP) is 4.61. The number of amides is 1. The average molecular weight is 344 g/mol.